The van der Waals surface area contributed by atoms with E-state index in [1.165, 1.54) is 12.1 Å². The van der Waals surface area contributed by atoms with Gasteiger partial charge in [-0.3, -0.25) is 4.79 Å². The molecule has 0 bridgehead atoms. The van der Waals surface area contributed by atoms with Crippen LogP contribution in [0.15, 0.2) is 48.5 Å². The second kappa shape index (κ2) is 8.75. The highest BCUT2D eigenvalue weighted by molar-refractivity contribution is 5.93. The molecule has 0 atom stereocenters. The molecule has 0 aliphatic carbocycles. The molecular weight excluding hydrogens is 299 g/mol. The first-order chi connectivity index (χ1) is 11.2. The molecule has 0 spiro atoms. The number of para-hydroxylation sites is 1. The highest BCUT2D eigenvalue weighted by Gasteiger charge is 2.06. The summed E-state index contributed by atoms with van der Waals surface area (Å²) < 4.78 is 23.8. The lowest BCUT2D eigenvalue weighted by atomic mass is 10.3. The minimum absolute atomic E-state index is 0.0399. The summed E-state index contributed by atoms with van der Waals surface area (Å²) in [5.74, 6) is -0.0580. The van der Waals surface area contributed by atoms with Crippen LogP contribution in [0.3, 0.4) is 0 Å². The maximum atomic E-state index is 13.4. The Bertz CT molecular complexity index is 632. The van der Waals surface area contributed by atoms with Crippen molar-refractivity contribution in [2.75, 3.05) is 37.5 Å². The van der Waals surface area contributed by atoms with Crippen molar-refractivity contribution in [1.82, 2.24) is 0 Å². The molecule has 0 unspecified atom stereocenters. The molecule has 5 nitrogen and oxygen atoms in total. The van der Waals surface area contributed by atoms with Gasteiger partial charge in [-0.1, -0.05) is 12.1 Å². The van der Waals surface area contributed by atoms with Crippen molar-refractivity contribution >= 4 is 17.3 Å². The summed E-state index contributed by atoms with van der Waals surface area (Å²) in [6, 6.07) is 13.2. The van der Waals surface area contributed by atoms with E-state index in [1.54, 1.807) is 43.5 Å². The third-order valence-corrected chi connectivity index (χ3v) is 3.01. The predicted molar refractivity (Wildman–Crippen MR) is 87.3 cm³/mol. The molecule has 0 aromatic heterocycles. The van der Waals surface area contributed by atoms with Gasteiger partial charge in [-0.15, -0.1) is 0 Å². The molecule has 0 radical (unpaired) electrons. The van der Waals surface area contributed by atoms with Crippen LogP contribution in [-0.2, 0) is 9.53 Å². The molecule has 0 heterocycles. The van der Waals surface area contributed by atoms with Gasteiger partial charge in [0, 0.05) is 12.8 Å². The van der Waals surface area contributed by atoms with Crippen molar-refractivity contribution in [2.24, 2.45) is 0 Å². The van der Waals surface area contributed by atoms with Crippen LogP contribution in [0.25, 0.3) is 0 Å². The van der Waals surface area contributed by atoms with Gasteiger partial charge in [0.15, 0.2) is 0 Å². The minimum Gasteiger partial charge on any atom is -0.491 e. The maximum Gasteiger partial charge on any atom is 0.243 e. The van der Waals surface area contributed by atoms with Gasteiger partial charge in [-0.2, -0.15) is 0 Å². The third kappa shape index (κ3) is 5.60. The minimum atomic E-state index is -0.460. The van der Waals surface area contributed by atoms with Gasteiger partial charge in [0.2, 0.25) is 5.91 Å². The maximum absolute atomic E-state index is 13.4. The standard InChI is InChI=1S/C17H19FN2O3/c1-22-10-11-23-14-8-6-13(7-9-14)19-12-17(21)20-16-5-3-2-4-15(16)18/h2-9,19H,10-12H2,1H3,(H,20,21). The highest BCUT2D eigenvalue weighted by Crippen LogP contribution is 2.16. The summed E-state index contributed by atoms with van der Waals surface area (Å²) in [4.78, 5) is 11.8. The number of amides is 1. The SMILES string of the molecule is COCCOc1ccc(NCC(=O)Nc2ccccc2F)cc1. The van der Waals surface area contributed by atoms with E-state index in [1.807, 2.05) is 0 Å². The number of carbonyl (C=O) groups excluding carboxylic acids is 1. The van der Waals surface area contributed by atoms with Gasteiger partial charge in [-0.25, -0.2) is 4.39 Å². The quantitative estimate of drug-likeness (QED) is 0.735. The lowest BCUT2D eigenvalue weighted by molar-refractivity contribution is -0.114. The third-order valence-electron chi connectivity index (χ3n) is 3.01. The van der Waals surface area contributed by atoms with Crippen molar-refractivity contribution in [3.05, 3.63) is 54.3 Å². The molecule has 0 saturated heterocycles. The first kappa shape index (κ1) is 16.8. The molecule has 6 heteroatoms. The van der Waals surface area contributed by atoms with Crippen LogP contribution in [0.5, 0.6) is 5.75 Å². The topological polar surface area (TPSA) is 59.6 Å². The molecule has 2 rings (SSSR count). The lowest BCUT2D eigenvalue weighted by Gasteiger charge is -2.09. The fourth-order valence-electron chi connectivity index (χ4n) is 1.85. The molecular formula is C17H19FN2O3. The lowest BCUT2D eigenvalue weighted by Crippen LogP contribution is -2.22. The van der Waals surface area contributed by atoms with Crippen molar-refractivity contribution in [3.8, 4) is 5.75 Å². The zero-order chi connectivity index (χ0) is 16.5. The fraction of sp³-hybridized carbons (Fsp3) is 0.235. The van der Waals surface area contributed by atoms with Gasteiger partial charge in [0.25, 0.3) is 0 Å². The number of benzene rings is 2. The first-order valence-corrected chi connectivity index (χ1v) is 7.19. The predicted octanol–water partition coefficient (Wildman–Crippen LogP) is 2.90. The summed E-state index contributed by atoms with van der Waals surface area (Å²) in [7, 11) is 1.61. The molecule has 0 aliphatic rings. The number of anilines is 2. The van der Waals surface area contributed by atoms with E-state index in [0.717, 1.165) is 11.4 Å². The average molecular weight is 318 g/mol. The molecule has 0 aliphatic heterocycles. The van der Waals surface area contributed by atoms with Crippen LogP contribution in [0.4, 0.5) is 15.8 Å². The van der Waals surface area contributed by atoms with E-state index in [2.05, 4.69) is 10.6 Å². The molecule has 23 heavy (non-hydrogen) atoms. The Morgan fingerprint density at radius 1 is 1.09 bits per heavy atom. The molecule has 0 saturated carbocycles. The van der Waals surface area contributed by atoms with Crippen LogP contribution in [0.2, 0.25) is 0 Å². The van der Waals surface area contributed by atoms with Gasteiger partial charge < -0.3 is 20.1 Å². The molecule has 122 valence electrons. The normalized spacial score (nSPS) is 10.2. The fourth-order valence-corrected chi connectivity index (χ4v) is 1.85. The zero-order valence-corrected chi connectivity index (χ0v) is 12.8. The Morgan fingerprint density at radius 3 is 2.52 bits per heavy atom. The van der Waals surface area contributed by atoms with Gasteiger partial charge >= 0.3 is 0 Å². The first-order valence-electron chi connectivity index (χ1n) is 7.19. The Labute approximate surface area is 134 Å². The Hall–Kier alpha value is -2.60. The molecule has 2 aromatic rings. The van der Waals surface area contributed by atoms with Crippen molar-refractivity contribution in [2.45, 2.75) is 0 Å². The van der Waals surface area contributed by atoms with Crippen LogP contribution in [0, 0.1) is 5.82 Å². The van der Waals surface area contributed by atoms with Crippen LogP contribution in [-0.4, -0.2) is 32.8 Å². The van der Waals surface area contributed by atoms with Crippen molar-refractivity contribution in [1.29, 1.82) is 0 Å². The van der Waals surface area contributed by atoms with E-state index < -0.39 is 5.82 Å². The van der Waals surface area contributed by atoms with E-state index in [0.29, 0.717) is 13.2 Å². The summed E-state index contributed by atoms with van der Waals surface area (Å²) >= 11 is 0. The monoisotopic (exact) mass is 318 g/mol. The molecule has 1 amide bonds. The number of nitrogens with one attached hydrogen (secondary N) is 2. The summed E-state index contributed by atoms with van der Waals surface area (Å²) in [6.45, 7) is 1.04. The Balaban J connectivity index is 1.79. The number of halogens is 1. The Morgan fingerprint density at radius 2 is 1.83 bits per heavy atom. The van der Waals surface area contributed by atoms with E-state index in [4.69, 9.17) is 9.47 Å². The average Bonchev–Trinajstić information content (AvgIpc) is 2.56. The summed E-state index contributed by atoms with van der Waals surface area (Å²) in [5.41, 5.74) is 0.939. The smallest absolute Gasteiger partial charge is 0.243 e. The van der Waals surface area contributed by atoms with E-state index in [-0.39, 0.29) is 18.1 Å². The zero-order valence-electron chi connectivity index (χ0n) is 12.8. The van der Waals surface area contributed by atoms with Crippen molar-refractivity contribution in [3.63, 3.8) is 0 Å². The molecule has 2 N–H and O–H groups in total. The van der Waals surface area contributed by atoms with Crippen LogP contribution >= 0.6 is 0 Å². The number of hydrogen-bond donors (Lipinski definition) is 2. The largest absolute Gasteiger partial charge is 0.491 e. The van der Waals surface area contributed by atoms with Crippen molar-refractivity contribution < 1.29 is 18.7 Å². The van der Waals surface area contributed by atoms with Gasteiger partial charge in [-0.05, 0) is 36.4 Å². The molecule has 0 fully saturated rings. The highest BCUT2D eigenvalue weighted by atomic mass is 19.1. The van der Waals surface area contributed by atoms with Crippen LogP contribution < -0.4 is 15.4 Å². The van der Waals surface area contributed by atoms with Gasteiger partial charge in [0.05, 0.1) is 18.8 Å². The number of methoxy groups -OCH3 is 1. The number of carbonyl (C=O) groups is 1. The van der Waals surface area contributed by atoms with Gasteiger partial charge in [0.1, 0.15) is 18.2 Å². The number of ether oxygens (including phenoxy) is 2. The Kier molecular flexibility index (Phi) is 6.38. The number of rotatable bonds is 8. The second-order valence-corrected chi connectivity index (χ2v) is 4.75. The van der Waals surface area contributed by atoms with E-state index >= 15 is 0 Å². The van der Waals surface area contributed by atoms with Crippen LogP contribution in [0.1, 0.15) is 0 Å². The number of hydrogen-bond acceptors (Lipinski definition) is 4. The summed E-state index contributed by atoms with van der Waals surface area (Å²) in [6.07, 6.45) is 0. The molecule has 2 aromatic carbocycles. The summed E-state index contributed by atoms with van der Waals surface area (Å²) in [5, 5.41) is 5.48. The second-order valence-electron chi connectivity index (χ2n) is 4.75. The van der Waals surface area contributed by atoms with E-state index in [9.17, 15) is 9.18 Å².